The van der Waals surface area contributed by atoms with Crippen molar-refractivity contribution in [1.29, 1.82) is 0 Å². The number of rotatable bonds is 5. The highest BCUT2D eigenvalue weighted by Crippen LogP contribution is 2.26. The molecule has 0 aliphatic carbocycles. The fourth-order valence-corrected chi connectivity index (χ4v) is 2.86. The van der Waals surface area contributed by atoms with Gasteiger partial charge in [-0.15, -0.1) is 11.8 Å². The molecule has 0 radical (unpaired) electrons. The molecule has 1 aromatic heterocycles. The molecule has 0 atom stereocenters. The second kappa shape index (κ2) is 7.00. The summed E-state index contributed by atoms with van der Waals surface area (Å²) in [5, 5.41) is 0.777. The molecular weight excluding hydrogens is 288 g/mol. The Hall–Kier alpha value is -1.19. The number of pyridine rings is 1. The van der Waals surface area contributed by atoms with Crippen molar-refractivity contribution in [2.45, 2.75) is 24.5 Å². The van der Waals surface area contributed by atoms with Crippen LogP contribution in [-0.2, 0) is 5.75 Å². The van der Waals surface area contributed by atoms with Crippen LogP contribution in [0.4, 0.5) is 5.82 Å². The predicted octanol–water partition coefficient (Wildman–Crippen LogP) is 4.79. The number of halogens is 1. The third-order valence-electron chi connectivity index (χ3n) is 3.28. The zero-order valence-electron chi connectivity index (χ0n) is 12.1. The van der Waals surface area contributed by atoms with Gasteiger partial charge in [-0.2, -0.15) is 0 Å². The molecule has 0 amide bonds. The van der Waals surface area contributed by atoms with Gasteiger partial charge in [-0.1, -0.05) is 11.6 Å². The first-order valence-corrected chi connectivity index (χ1v) is 8.01. The fourth-order valence-electron chi connectivity index (χ4n) is 1.78. The van der Waals surface area contributed by atoms with Crippen LogP contribution in [0.2, 0.25) is 5.02 Å². The van der Waals surface area contributed by atoms with Crippen LogP contribution in [0.15, 0.2) is 41.4 Å². The summed E-state index contributed by atoms with van der Waals surface area (Å²) in [5.41, 5.74) is 2.56. The summed E-state index contributed by atoms with van der Waals surface area (Å²) in [6.07, 6.45) is 1.99. The van der Waals surface area contributed by atoms with Gasteiger partial charge in [-0.25, -0.2) is 4.98 Å². The van der Waals surface area contributed by atoms with Gasteiger partial charge in [0.25, 0.3) is 0 Å². The van der Waals surface area contributed by atoms with Gasteiger partial charge in [0, 0.05) is 35.5 Å². The van der Waals surface area contributed by atoms with Crippen molar-refractivity contribution < 1.29 is 0 Å². The first-order chi connectivity index (χ1) is 9.60. The molecule has 0 unspecified atom stereocenters. The summed E-state index contributed by atoms with van der Waals surface area (Å²) >= 11 is 7.70. The minimum atomic E-state index is 0.777. The molecule has 106 valence electrons. The first kappa shape index (κ1) is 15.2. The molecule has 0 N–H and O–H groups in total. The Balaban J connectivity index is 2.04. The molecule has 1 aromatic carbocycles. The zero-order chi connectivity index (χ0) is 14.5. The maximum absolute atomic E-state index is 5.89. The van der Waals surface area contributed by atoms with E-state index in [9.17, 15) is 0 Å². The summed E-state index contributed by atoms with van der Waals surface area (Å²) in [6.45, 7) is 5.24. The first-order valence-electron chi connectivity index (χ1n) is 6.65. The molecule has 4 heteroatoms. The van der Waals surface area contributed by atoms with Crippen molar-refractivity contribution in [1.82, 2.24) is 4.98 Å². The van der Waals surface area contributed by atoms with E-state index in [2.05, 4.69) is 49.0 Å². The van der Waals surface area contributed by atoms with Crippen LogP contribution < -0.4 is 4.90 Å². The molecule has 0 aliphatic heterocycles. The van der Waals surface area contributed by atoms with Crippen LogP contribution in [0.25, 0.3) is 0 Å². The number of thioether (sulfide) groups is 1. The molecule has 0 saturated heterocycles. The lowest BCUT2D eigenvalue weighted by Gasteiger charge is -2.17. The molecule has 1 heterocycles. The fraction of sp³-hybridized carbons (Fsp3) is 0.312. The van der Waals surface area contributed by atoms with Gasteiger partial charge >= 0.3 is 0 Å². The lowest BCUT2D eigenvalue weighted by Crippen LogP contribution is -2.17. The van der Waals surface area contributed by atoms with E-state index in [0.29, 0.717) is 0 Å². The van der Waals surface area contributed by atoms with Crippen LogP contribution in [0, 0.1) is 6.92 Å². The summed E-state index contributed by atoms with van der Waals surface area (Å²) in [4.78, 5) is 7.90. The highest BCUT2D eigenvalue weighted by atomic mass is 35.5. The number of benzene rings is 1. The molecule has 0 saturated carbocycles. The molecule has 0 bridgehead atoms. The van der Waals surface area contributed by atoms with E-state index in [0.717, 1.165) is 23.1 Å². The second-order valence-electron chi connectivity index (χ2n) is 4.73. The number of nitrogens with zero attached hydrogens (tertiary/aromatic N) is 2. The lowest BCUT2D eigenvalue weighted by atomic mass is 10.2. The van der Waals surface area contributed by atoms with Gasteiger partial charge in [0.15, 0.2) is 0 Å². The van der Waals surface area contributed by atoms with Crippen molar-refractivity contribution in [3.8, 4) is 0 Å². The van der Waals surface area contributed by atoms with Crippen molar-refractivity contribution in [3.63, 3.8) is 0 Å². The Bertz CT molecular complexity index is 569. The maximum Gasteiger partial charge on any atom is 0.128 e. The molecule has 20 heavy (non-hydrogen) atoms. The van der Waals surface area contributed by atoms with E-state index < -0.39 is 0 Å². The topological polar surface area (TPSA) is 16.1 Å². The third-order valence-corrected chi connectivity index (χ3v) is 4.59. The smallest absolute Gasteiger partial charge is 0.128 e. The van der Waals surface area contributed by atoms with Crippen LogP contribution in [-0.4, -0.2) is 18.6 Å². The highest BCUT2D eigenvalue weighted by molar-refractivity contribution is 7.98. The normalized spacial score (nSPS) is 10.6. The SMILES string of the molecule is CCN(C)c1cc(C)c(CSc2ccc(Cl)cc2)cn1. The number of hydrogen-bond donors (Lipinski definition) is 0. The summed E-state index contributed by atoms with van der Waals surface area (Å²) in [7, 11) is 2.06. The number of hydrogen-bond acceptors (Lipinski definition) is 3. The van der Waals surface area contributed by atoms with Crippen molar-refractivity contribution in [2.75, 3.05) is 18.5 Å². The quantitative estimate of drug-likeness (QED) is 0.739. The van der Waals surface area contributed by atoms with Crippen LogP contribution >= 0.6 is 23.4 Å². The van der Waals surface area contributed by atoms with Crippen LogP contribution in [0.1, 0.15) is 18.1 Å². The van der Waals surface area contributed by atoms with E-state index >= 15 is 0 Å². The predicted molar refractivity (Wildman–Crippen MR) is 88.9 cm³/mol. The Morgan fingerprint density at radius 2 is 1.95 bits per heavy atom. The molecule has 2 aromatic rings. The largest absolute Gasteiger partial charge is 0.360 e. The van der Waals surface area contributed by atoms with Gasteiger partial charge in [-0.05, 0) is 55.3 Å². The van der Waals surface area contributed by atoms with Crippen molar-refractivity contribution in [3.05, 3.63) is 52.7 Å². The molecule has 0 fully saturated rings. The Labute approximate surface area is 130 Å². The number of anilines is 1. The minimum Gasteiger partial charge on any atom is -0.360 e. The van der Waals surface area contributed by atoms with E-state index in [1.54, 1.807) is 11.8 Å². The van der Waals surface area contributed by atoms with E-state index in [-0.39, 0.29) is 0 Å². The monoisotopic (exact) mass is 306 g/mol. The summed E-state index contributed by atoms with van der Waals surface area (Å²) in [5.74, 6) is 1.96. The Morgan fingerprint density at radius 3 is 2.55 bits per heavy atom. The van der Waals surface area contributed by atoms with Crippen molar-refractivity contribution >= 4 is 29.2 Å². The Kier molecular flexibility index (Phi) is 5.32. The van der Waals surface area contributed by atoms with Crippen LogP contribution in [0.5, 0.6) is 0 Å². The van der Waals surface area contributed by atoms with E-state index in [1.807, 2.05) is 18.3 Å². The van der Waals surface area contributed by atoms with Crippen LogP contribution in [0.3, 0.4) is 0 Å². The minimum absolute atomic E-state index is 0.777. The zero-order valence-corrected chi connectivity index (χ0v) is 13.6. The summed E-state index contributed by atoms with van der Waals surface area (Å²) in [6, 6.07) is 10.1. The second-order valence-corrected chi connectivity index (χ2v) is 6.21. The van der Waals surface area contributed by atoms with E-state index in [4.69, 9.17) is 11.6 Å². The van der Waals surface area contributed by atoms with Gasteiger partial charge in [-0.3, -0.25) is 0 Å². The number of aryl methyl sites for hydroxylation is 1. The standard InChI is InChI=1S/C16H19ClN2S/c1-4-19(3)16-9-12(2)13(10-18-16)11-20-15-7-5-14(17)6-8-15/h5-10H,4,11H2,1-3H3. The molecular formula is C16H19ClN2S. The third kappa shape index (κ3) is 3.90. The average molecular weight is 307 g/mol. The maximum atomic E-state index is 5.89. The molecule has 0 spiro atoms. The number of aromatic nitrogens is 1. The molecule has 2 nitrogen and oxygen atoms in total. The lowest BCUT2D eigenvalue weighted by molar-refractivity contribution is 0.933. The van der Waals surface area contributed by atoms with Gasteiger partial charge in [0.05, 0.1) is 0 Å². The molecule has 0 aliphatic rings. The highest BCUT2D eigenvalue weighted by Gasteiger charge is 2.05. The van der Waals surface area contributed by atoms with Gasteiger partial charge in [0.1, 0.15) is 5.82 Å². The van der Waals surface area contributed by atoms with Gasteiger partial charge < -0.3 is 4.90 Å². The summed E-state index contributed by atoms with van der Waals surface area (Å²) < 4.78 is 0. The Morgan fingerprint density at radius 1 is 1.25 bits per heavy atom. The average Bonchev–Trinajstić information content (AvgIpc) is 2.46. The molecule has 2 rings (SSSR count). The van der Waals surface area contributed by atoms with E-state index in [1.165, 1.54) is 16.0 Å². The van der Waals surface area contributed by atoms with Crippen molar-refractivity contribution in [2.24, 2.45) is 0 Å². The van der Waals surface area contributed by atoms with Gasteiger partial charge in [0.2, 0.25) is 0 Å².